The van der Waals surface area contributed by atoms with Gasteiger partial charge >= 0.3 is 0 Å². The third-order valence-electron chi connectivity index (χ3n) is 3.89. The Labute approximate surface area is 141 Å². The number of phenols is 1. The van der Waals surface area contributed by atoms with Gasteiger partial charge in [-0.15, -0.1) is 0 Å². The van der Waals surface area contributed by atoms with Crippen LogP contribution in [0.4, 0.5) is 5.69 Å². The lowest BCUT2D eigenvalue weighted by atomic mass is 10.0. The summed E-state index contributed by atoms with van der Waals surface area (Å²) in [5, 5.41) is 10.2. The zero-order valence-electron chi connectivity index (χ0n) is 12.9. The first-order valence-corrected chi connectivity index (χ1v) is 7.50. The van der Waals surface area contributed by atoms with Gasteiger partial charge in [0.2, 0.25) is 5.43 Å². The highest BCUT2D eigenvalue weighted by Gasteiger charge is 2.17. The molecule has 4 rings (SSSR count). The number of nitrogen functional groups attached to an aromatic ring is 1. The quantitative estimate of drug-likeness (QED) is 0.332. The molecular weight excluding hydrogens is 320 g/mol. The Hall–Kier alpha value is -3.67. The second-order valence-electron chi connectivity index (χ2n) is 5.61. The molecule has 6 nitrogen and oxygen atoms in total. The molecule has 1 heterocycles. The predicted octanol–water partition coefficient (Wildman–Crippen LogP) is 2.81. The van der Waals surface area contributed by atoms with Crippen molar-refractivity contribution in [2.75, 3.05) is 5.73 Å². The second kappa shape index (κ2) is 5.45. The molecule has 3 N–H and O–H groups in total. The first kappa shape index (κ1) is 14.9. The van der Waals surface area contributed by atoms with Gasteiger partial charge in [0.15, 0.2) is 22.9 Å². The fraction of sp³-hybridized carbons (Fsp3) is 0. The van der Waals surface area contributed by atoms with Crippen LogP contribution in [0.5, 0.6) is 5.75 Å². The smallest absolute Gasteiger partial charge is 0.205 e. The van der Waals surface area contributed by atoms with Crippen molar-refractivity contribution in [3.63, 3.8) is 0 Å². The van der Waals surface area contributed by atoms with Crippen LogP contribution < -0.4 is 11.2 Å². The van der Waals surface area contributed by atoms with Crippen LogP contribution >= 0.6 is 0 Å². The molecule has 0 aromatic heterocycles. The molecule has 25 heavy (non-hydrogen) atoms. The number of carbonyl (C=O) groups excluding carboxylic acids is 1. The number of hydrogen-bond acceptors (Lipinski definition) is 6. The maximum Gasteiger partial charge on any atom is 0.205 e. The average Bonchev–Trinajstić information content (AvgIpc) is 2.61. The minimum absolute atomic E-state index is 0.0512. The van der Waals surface area contributed by atoms with Crippen molar-refractivity contribution < 1.29 is 14.3 Å². The van der Waals surface area contributed by atoms with E-state index in [2.05, 4.69) is 4.98 Å². The lowest BCUT2D eigenvalue weighted by Gasteiger charge is -2.09. The molecule has 0 radical (unpaired) electrons. The van der Waals surface area contributed by atoms with Crippen molar-refractivity contribution in [2.24, 2.45) is 0 Å². The number of fused-ring (bicyclic) bond motifs is 2. The fourth-order valence-corrected chi connectivity index (χ4v) is 2.65. The van der Waals surface area contributed by atoms with Crippen LogP contribution in [-0.2, 0) is 0 Å². The fourth-order valence-electron chi connectivity index (χ4n) is 2.65. The summed E-state index contributed by atoms with van der Waals surface area (Å²) in [6, 6.07) is 14.2. The molecule has 1 aliphatic carbocycles. The zero-order valence-corrected chi connectivity index (χ0v) is 12.9. The van der Waals surface area contributed by atoms with Crippen LogP contribution in [0.3, 0.4) is 0 Å². The summed E-state index contributed by atoms with van der Waals surface area (Å²) in [5.74, 6) is -0.256. The molecule has 0 saturated heterocycles. The number of rotatable bonds is 2. The number of nitrogens with zero attached hydrogens (tertiary/aromatic N) is 1. The molecule has 0 amide bonds. The van der Waals surface area contributed by atoms with Crippen LogP contribution in [0.2, 0.25) is 0 Å². The molecule has 0 bridgehead atoms. The molecule has 2 aromatic carbocycles. The first-order chi connectivity index (χ1) is 12.0. The highest BCUT2D eigenvalue weighted by atomic mass is 16.4. The maximum atomic E-state index is 12.6. The molecule has 0 saturated carbocycles. The number of anilines is 1. The Bertz CT molecular complexity index is 1150. The van der Waals surface area contributed by atoms with Crippen molar-refractivity contribution in [1.82, 2.24) is 4.98 Å². The average molecular weight is 332 g/mol. The Morgan fingerprint density at radius 2 is 1.80 bits per heavy atom. The van der Waals surface area contributed by atoms with Gasteiger partial charge in [0.25, 0.3) is 0 Å². The number of carbonyl (C=O) groups is 1. The van der Waals surface area contributed by atoms with Gasteiger partial charge in [0, 0.05) is 17.2 Å². The minimum atomic E-state index is -0.382. The summed E-state index contributed by atoms with van der Waals surface area (Å²) in [7, 11) is 0. The SMILES string of the molecule is Nc1cc2nc3cc(C(=O)c4ccccc4)cc(O)c3oc-2cc1=O. The van der Waals surface area contributed by atoms with Gasteiger partial charge in [-0.25, -0.2) is 4.98 Å². The Kier molecular flexibility index (Phi) is 3.25. The molecule has 2 aromatic rings. The van der Waals surface area contributed by atoms with Crippen LogP contribution in [0, 0.1) is 0 Å². The van der Waals surface area contributed by atoms with Crippen molar-refractivity contribution in [3.8, 4) is 17.2 Å². The van der Waals surface area contributed by atoms with E-state index in [-0.39, 0.29) is 39.6 Å². The molecule has 6 heteroatoms. The van der Waals surface area contributed by atoms with E-state index in [4.69, 9.17) is 10.2 Å². The van der Waals surface area contributed by atoms with Gasteiger partial charge in [0.1, 0.15) is 11.2 Å². The molecule has 2 aliphatic rings. The molecule has 1 aliphatic heterocycles. The van der Waals surface area contributed by atoms with E-state index in [9.17, 15) is 14.7 Å². The summed E-state index contributed by atoms with van der Waals surface area (Å²) < 4.78 is 5.57. The van der Waals surface area contributed by atoms with Gasteiger partial charge in [-0.1, -0.05) is 30.3 Å². The van der Waals surface area contributed by atoms with Crippen LogP contribution in [-0.4, -0.2) is 15.9 Å². The van der Waals surface area contributed by atoms with Crippen molar-refractivity contribution >= 4 is 22.6 Å². The summed E-state index contributed by atoms with van der Waals surface area (Å²) in [4.78, 5) is 28.6. The number of aromatic nitrogens is 1. The second-order valence-corrected chi connectivity index (χ2v) is 5.61. The topological polar surface area (TPSA) is 106 Å². The molecule has 122 valence electrons. The Morgan fingerprint density at radius 1 is 1.04 bits per heavy atom. The third-order valence-corrected chi connectivity index (χ3v) is 3.89. The van der Waals surface area contributed by atoms with E-state index in [1.165, 1.54) is 24.3 Å². The monoisotopic (exact) mass is 332 g/mol. The van der Waals surface area contributed by atoms with Gasteiger partial charge in [0.05, 0.1) is 5.69 Å². The first-order valence-electron chi connectivity index (χ1n) is 7.50. The number of aromatic hydroxyl groups is 1. The summed E-state index contributed by atoms with van der Waals surface area (Å²) in [5.41, 5.74) is 6.83. The van der Waals surface area contributed by atoms with E-state index >= 15 is 0 Å². The minimum Gasteiger partial charge on any atom is -0.504 e. The van der Waals surface area contributed by atoms with Gasteiger partial charge in [-0.3, -0.25) is 9.59 Å². The van der Waals surface area contributed by atoms with Gasteiger partial charge < -0.3 is 15.3 Å². The lowest BCUT2D eigenvalue weighted by molar-refractivity contribution is 0.103. The summed E-state index contributed by atoms with van der Waals surface area (Å²) in [6.07, 6.45) is 0. The summed E-state index contributed by atoms with van der Waals surface area (Å²) in [6.45, 7) is 0. The largest absolute Gasteiger partial charge is 0.504 e. The van der Waals surface area contributed by atoms with Gasteiger partial charge in [-0.2, -0.15) is 0 Å². The number of phenolic OH excluding ortho intramolecular Hbond substituents is 1. The zero-order chi connectivity index (χ0) is 17.6. The van der Waals surface area contributed by atoms with E-state index in [0.717, 1.165) is 0 Å². The number of nitrogens with two attached hydrogens (primary N) is 1. The highest BCUT2D eigenvalue weighted by molar-refractivity contribution is 6.10. The van der Waals surface area contributed by atoms with Crippen LogP contribution in [0.15, 0.2) is 63.8 Å². The standard InChI is InChI=1S/C19H12N2O4/c20-12-8-13-17(9-15(12)22)25-19-14(21-13)6-11(7-16(19)23)18(24)10-4-2-1-3-5-10/h1-9,23H,20H2. The van der Waals surface area contributed by atoms with Crippen LogP contribution in [0.25, 0.3) is 22.6 Å². The third kappa shape index (κ3) is 2.49. The summed E-state index contributed by atoms with van der Waals surface area (Å²) >= 11 is 0. The van der Waals surface area contributed by atoms with Crippen molar-refractivity contribution in [1.29, 1.82) is 0 Å². The van der Waals surface area contributed by atoms with Crippen LogP contribution in [0.1, 0.15) is 15.9 Å². The molecular formula is C19H12N2O4. The van der Waals surface area contributed by atoms with E-state index in [1.54, 1.807) is 24.3 Å². The van der Waals surface area contributed by atoms with E-state index in [0.29, 0.717) is 16.8 Å². The number of hydrogen-bond donors (Lipinski definition) is 2. The molecule has 0 atom stereocenters. The van der Waals surface area contributed by atoms with Crippen molar-refractivity contribution in [3.05, 3.63) is 75.9 Å². The van der Waals surface area contributed by atoms with Gasteiger partial charge in [-0.05, 0) is 18.2 Å². The number of ketones is 1. The predicted molar refractivity (Wildman–Crippen MR) is 92.9 cm³/mol. The highest BCUT2D eigenvalue weighted by Crippen LogP contribution is 2.32. The molecule has 0 fully saturated rings. The van der Waals surface area contributed by atoms with E-state index in [1.807, 2.05) is 6.07 Å². The molecule has 0 unspecified atom stereocenters. The van der Waals surface area contributed by atoms with Crippen molar-refractivity contribution in [2.45, 2.75) is 0 Å². The maximum absolute atomic E-state index is 12.6. The van der Waals surface area contributed by atoms with E-state index < -0.39 is 0 Å². The Morgan fingerprint density at radius 3 is 2.56 bits per heavy atom. The lowest BCUT2D eigenvalue weighted by Crippen LogP contribution is -2.08. The Balaban J connectivity index is 1.94. The normalized spacial score (nSPS) is 11.0. The molecule has 0 spiro atoms. The number of benzene rings is 3.